The van der Waals surface area contributed by atoms with Gasteiger partial charge in [-0.3, -0.25) is 9.59 Å². The van der Waals surface area contributed by atoms with Crippen molar-refractivity contribution in [1.29, 1.82) is 0 Å². The average Bonchev–Trinajstić information content (AvgIpc) is 2.47. The topological polar surface area (TPSA) is 121 Å². The lowest BCUT2D eigenvalue weighted by molar-refractivity contribution is -0.148. The molecule has 0 saturated carbocycles. The highest BCUT2D eigenvalue weighted by molar-refractivity contribution is 5.88. The first-order valence-electron chi connectivity index (χ1n) is 4.39. The fourth-order valence-corrected chi connectivity index (χ4v) is 1.43. The summed E-state index contributed by atoms with van der Waals surface area (Å²) in [5.41, 5.74) is 5.02. The first kappa shape index (κ1) is 11.4. The Labute approximate surface area is 85.5 Å². The Kier molecular flexibility index (Phi) is 3.25. The van der Waals surface area contributed by atoms with Crippen LogP contribution in [-0.2, 0) is 14.4 Å². The molecule has 0 spiro atoms. The van der Waals surface area contributed by atoms with Crippen LogP contribution in [-0.4, -0.2) is 52.1 Å². The number of carboxylic acids is 1. The molecule has 2 amide bonds. The number of hydrogen-bond acceptors (Lipinski definition) is 4. The quantitative estimate of drug-likeness (QED) is 0.491. The van der Waals surface area contributed by atoms with Crippen LogP contribution in [0.2, 0.25) is 0 Å². The molecular weight excluding hydrogens is 204 g/mol. The molecule has 0 aliphatic carbocycles. The van der Waals surface area contributed by atoms with Gasteiger partial charge in [-0.05, 0) is 0 Å². The molecule has 1 fully saturated rings. The van der Waals surface area contributed by atoms with Crippen molar-refractivity contribution in [2.24, 2.45) is 11.7 Å². The van der Waals surface area contributed by atoms with E-state index in [9.17, 15) is 14.4 Å². The van der Waals surface area contributed by atoms with Crippen molar-refractivity contribution >= 4 is 17.8 Å². The monoisotopic (exact) mass is 216 g/mol. The number of β-amino-alcohol motifs (C(OH)–C–C–N with tert-alkyl or cyclic N) is 1. The fourth-order valence-electron chi connectivity index (χ4n) is 1.43. The second-order valence-corrected chi connectivity index (χ2v) is 3.46. The lowest BCUT2D eigenvalue weighted by Crippen LogP contribution is -2.38. The molecule has 0 radical (unpaired) electrons. The highest BCUT2D eigenvalue weighted by atomic mass is 16.4. The number of carbonyl (C=O) groups excluding carboxylic acids is 2. The van der Waals surface area contributed by atoms with Crippen molar-refractivity contribution in [2.75, 3.05) is 13.1 Å². The summed E-state index contributed by atoms with van der Waals surface area (Å²) in [5.74, 6) is -2.93. The van der Waals surface area contributed by atoms with E-state index in [0.29, 0.717) is 0 Å². The Morgan fingerprint density at radius 1 is 1.60 bits per heavy atom. The van der Waals surface area contributed by atoms with Crippen molar-refractivity contribution in [3.8, 4) is 0 Å². The Hall–Kier alpha value is -1.63. The van der Waals surface area contributed by atoms with Crippen LogP contribution in [0.5, 0.6) is 0 Å². The van der Waals surface area contributed by atoms with Gasteiger partial charge in [0.15, 0.2) is 6.10 Å². The van der Waals surface area contributed by atoms with E-state index in [-0.39, 0.29) is 25.4 Å². The van der Waals surface area contributed by atoms with Gasteiger partial charge in [-0.2, -0.15) is 0 Å². The molecular formula is C8H12N2O5. The molecule has 7 heteroatoms. The van der Waals surface area contributed by atoms with Gasteiger partial charge < -0.3 is 20.8 Å². The van der Waals surface area contributed by atoms with Gasteiger partial charge in [-0.25, -0.2) is 4.79 Å². The Morgan fingerprint density at radius 3 is 2.60 bits per heavy atom. The van der Waals surface area contributed by atoms with Crippen LogP contribution in [0.1, 0.15) is 6.42 Å². The number of hydrogen-bond donors (Lipinski definition) is 3. The summed E-state index contributed by atoms with van der Waals surface area (Å²) in [5, 5.41) is 17.4. The standard InChI is InChI=1S/C8H12N2O5/c9-7(13)4-1-6(12)10(2-4)3-5(11)8(14)15/h4-5,11H,1-3H2,(H2,9,13)(H,14,15)/t4?,5-/m0/s1. The van der Waals surface area contributed by atoms with Crippen LogP contribution >= 0.6 is 0 Å². The van der Waals surface area contributed by atoms with E-state index in [4.69, 9.17) is 15.9 Å². The third-order valence-corrected chi connectivity index (χ3v) is 2.30. The van der Waals surface area contributed by atoms with E-state index >= 15 is 0 Å². The lowest BCUT2D eigenvalue weighted by atomic mass is 10.1. The number of likely N-dealkylation sites (tertiary alicyclic amines) is 1. The summed E-state index contributed by atoms with van der Waals surface area (Å²) in [6, 6.07) is 0. The normalized spacial score (nSPS) is 22.9. The maximum absolute atomic E-state index is 11.3. The summed E-state index contributed by atoms with van der Waals surface area (Å²) in [6.07, 6.45) is -1.64. The number of aliphatic carboxylic acids is 1. The first-order valence-corrected chi connectivity index (χ1v) is 4.39. The molecule has 0 aromatic heterocycles. The molecule has 4 N–H and O–H groups in total. The average molecular weight is 216 g/mol. The minimum atomic E-state index is -1.62. The number of carboxylic acid groups (broad SMARTS) is 1. The number of nitrogens with zero attached hydrogens (tertiary/aromatic N) is 1. The number of rotatable bonds is 4. The summed E-state index contributed by atoms with van der Waals surface area (Å²) in [7, 11) is 0. The van der Waals surface area contributed by atoms with Gasteiger partial charge in [-0.1, -0.05) is 0 Å². The van der Waals surface area contributed by atoms with Gasteiger partial charge in [-0.15, -0.1) is 0 Å². The predicted molar refractivity (Wildman–Crippen MR) is 47.5 cm³/mol. The maximum atomic E-state index is 11.3. The summed E-state index contributed by atoms with van der Waals surface area (Å²) >= 11 is 0. The number of aliphatic hydroxyl groups excluding tert-OH is 1. The van der Waals surface area contributed by atoms with Crippen molar-refractivity contribution in [3.63, 3.8) is 0 Å². The third kappa shape index (κ3) is 2.66. The van der Waals surface area contributed by atoms with Crippen LogP contribution in [0.25, 0.3) is 0 Å². The molecule has 1 unspecified atom stereocenters. The molecule has 1 aliphatic rings. The predicted octanol–water partition coefficient (Wildman–Crippen LogP) is -2.23. The minimum absolute atomic E-state index is 0.0122. The molecule has 0 aromatic carbocycles. The van der Waals surface area contributed by atoms with Gasteiger partial charge in [0.25, 0.3) is 0 Å². The lowest BCUT2D eigenvalue weighted by Gasteiger charge is -2.17. The number of amides is 2. The van der Waals surface area contributed by atoms with E-state index in [1.807, 2.05) is 0 Å². The van der Waals surface area contributed by atoms with Gasteiger partial charge in [0.05, 0.1) is 12.5 Å². The van der Waals surface area contributed by atoms with Crippen LogP contribution in [0.4, 0.5) is 0 Å². The number of carbonyl (C=O) groups is 3. The second kappa shape index (κ2) is 4.26. The second-order valence-electron chi connectivity index (χ2n) is 3.46. The zero-order valence-electron chi connectivity index (χ0n) is 7.92. The van der Waals surface area contributed by atoms with Crippen molar-refractivity contribution in [1.82, 2.24) is 4.90 Å². The Bertz CT molecular complexity index is 303. The third-order valence-electron chi connectivity index (χ3n) is 2.30. The van der Waals surface area contributed by atoms with Gasteiger partial charge in [0.1, 0.15) is 0 Å². The zero-order chi connectivity index (χ0) is 11.6. The molecule has 0 bridgehead atoms. The maximum Gasteiger partial charge on any atom is 0.334 e. The molecule has 1 aliphatic heterocycles. The molecule has 1 saturated heterocycles. The van der Waals surface area contributed by atoms with Crippen molar-refractivity contribution in [3.05, 3.63) is 0 Å². The molecule has 1 heterocycles. The molecule has 15 heavy (non-hydrogen) atoms. The first-order chi connectivity index (χ1) is 6.91. The summed E-state index contributed by atoms with van der Waals surface area (Å²) in [4.78, 5) is 33.5. The summed E-state index contributed by atoms with van der Waals surface area (Å²) in [6.45, 7) is -0.226. The highest BCUT2D eigenvalue weighted by Gasteiger charge is 2.34. The molecule has 84 valence electrons. The fraction of sp³-hybridized carbons (Fsp3) is 0.625. The minimum Gasteiger partial charge on any atom is -0.479 e. The smallest absolute Gasteiger partial charge is 0.334 e. The van der Waals surface area contributed by atoms with E-state index in [1.54, 1.807) is 0 Å². The van der Waals surface area contributed by atoms with Crippen molar-refractivity contribution < 1.29 is 24.6 Å². The van der Waals surface area contributed by atoms with Crippen molar-refractivity contribution in [2.45, 2.75) is 12.5 Å². The van der Waals surface area contributed by atoms with Gasteiger partial charge in [0, 0.05) is 13.0 Å². The molecule has 1 rings (SSSR count). The molecule has 0 aromatic rings. The molecule has 7 nitrogen and oxygen atoms in total. The van der Waals surface area contributed by atoms with E-state index in [1.165, 1.54) is 0 Å². The zero-order valence-corrected chi connectivity index (χ0v) is 7.92. The van der Waals surface area contributed by atoms with Gasteiger partial charge in [0.2, 0.25) is 11.8 Å². The van der Waals surface area contributed by atoms with Crippen LogP contribution in [0.3, 0.4) is 0 Å². The Balaban J connectivity index is 2.54. The van der Waals surface area contributed by atoms with Crippen LogP contribution in [0.15, 0.2) is 0 Å². The highest BCUT2D eigenvalue weighted by Crippen LogP contribution is 2.17. The number of nitrogens with two attached hydrogens (primary N) is 1. The number of aliphatic hydroxyl groups is 1. The SMILES string of the molecule is NC(=O)C1CC(=O)N(C[C@H](O)C(=O)O)C1. The van der Waals surface area contributed by atoms with Gasteiger partial charge >= 0.3 is 5.97 Å². The Morgan fingerprint density at radius 2 is 2.20 bits per heavy atom. The van der Waals surface area contributed by atoms with Crippen LogP contribution in [0, 0.1) is 5.92 Å². The van der Waals surface area contributed by atoms with E-state index in [0.717, 1.165) is 4.90 Å². The number of primary amides is 1. The van der Waals surface area contributed by atoms with E-state index < -0.39 is 23.9 Å². The summed E-state index contributed by atoms with van der Waals surface area (Å²) < 4.78 is 0. The van der Waals surface area contributed by atoms with E-state index in [2.05, 4.69) is 0 Å². The largest absolute Gasteiger partial charge is 0.479 e. The van der Waals surface area contributed by atoms with Crippen LogP contribution < -0.4 is 5.73 Å². The molecule has 2 atom stereocenters.